The van der Waals surface area contributed by atoms with Crippen molar-refractivity contribution in [3.05, 3.63) is 58.7 Å². The number of nitrogens with zero attached hydrogens (tertiary/aromatic N) is 2. The number of carbonyl (C=O) groups excluding carboxylic acids is 3. The summed E-state index contributed by atoms with van der Waals surface area (Å²) in [5.74, 6) is -0.523. The molecule has 0 bridgehead atoms. The lowest BCUT2D eigenvalue weighted by Crippen LogP contribution is -2.41. The van der Waals surface area contributed by atoms with Crippen LogP contribution in [0.15, 0.2) is 36.4 Å². The molecule has 186 valence electrons. The van der Waals surface area contributed by atoms with Crippen LogP contribution in [0.5, 0.6) is 11.5 Å². The maximum atomic E-state index is 12.9. The first kappa shape index (κ1) is 24.7. The van der Waals surface area contributed by atoms with Crippen molar-refractivity contribution >= 4 is 27.7 Å². The van der Waals surface area contributed by atoms with Gasteiger partial charge in [-0.3, -0.25) is 19.3 Å². The number of imide groups is 1. The molecule has 3 amide bonds. The number of rotatable bonds is 9. The summed E-state index contributed by atoms with van der Waals surface area (Å²) < 4.78 is 37.8. The Morgan fingerprint density at radius 1 is 1.00 bits per heavy atom. The highest BCUT2D eigenvalue weighted by molar-refractivity contribution is 7.89. The number of hydrogen-bond donors (Lipinski definition) is 1. The highest BCUT2D eigenvalue weighted by Crippen LogP contribution is 2.33. The second kappa shape index (κ2) is 10.0. The minimum Gasteiger partial charge on any atom is -0.493 e. The molecular weight excluding hydrogens is 474 g/mol. The summed E-state index contributed by atoms with van der Waals surface area (Å²) in [6, 6.07) is 10.1. The third-order valence-corrected chi connectivity index (χ3v) is 8.06. The summed E-state index contributed by atoms with van der Waals surface area (Å²) in [5.41, 5.74) is 2.44. The van der Waals surface area contributed by atoms with Crippen LogP contribution in [0.25, 0.3) is 0 Å². The second-order valence-electron chi connectivity index (χ2n) is 8.32. The Labute approximate surface area is 203 Å². The Morgan fingerprint density at radius 3 is 2.20 bits per heavy atom. The molecule has 0 radical (unpaired) electrons. The molecule has 0 aliphatic carbocycles. The number of hydrogen-bond acceptors (Lipinski definition) is 7. The van der Waals surface area contributed by atoms with Crippen molar-refractivity contribution in [2.24, 2.45) is 0 Å². The van der Waals surface area contributed by atoms with E-state index in [-0.39, 0.29) is 36.4 Å². The Balaban J connectivity index is 1.27. The Hall–Kier alpha value is -3.44. The molecule has 2 aliphatic heterocycles. The van der Waals surface area contributed by atoms with Gasteiger partial charge in [0.1, 0.15) is 6.54 Å². The van der Waals surface area contributed by atoms with Crippen molar-refractivity contribution in [2.45, 2.75) is 19.4 Å². The summed E-state index contributed by atoms with van der Waals surface area (Å²) in [6.07, 6.45) is 0.761. The van der Waals surface area contributed by atoms with Crippen molar-refractivity contribution < 1.29 is 32.3 Å². The molecule has 2 aromatic rings. The van der Waals surface area contributed by atoms with Crippen LogP contribution in [-0.4, -0.2) is 75.0 Å². The van der Waals surface area contributed by atoms with Crippen LogP contribution in [-0.2, 0) is 27.8 Å². The van der Waals surface area contributed by atoms with Crippen LogP contribution in [0.2, 0.25) is 0 Å². The molecule has 0 saturated carbocycles. The molecule has 2 aliphatic rings. The van der Waals surface area contributed by atoms with Gasteiger partial charge in [0, 0.05) is 19.6 Å². The highest BCUT2D eigenvalue weighted by Gasteiger charge is 2.36. The van der Waals surface area contributed by atoms with E-state index in [2.05, 4.69) is 5.32 Å². The molecule has 2 heterocycles. The van der Waals surface area contributed by atoms with E-state index in [1.54, 1.807) is 37.4 Å². The van der Waals surface area contributed by atoms with Gasteiger partial charge in [0.25, 0.3) is 11.8 Å². The van der Waals surface area contributed by atoms with E-state index in [1.165, 1.54) is 11.4 Å². The summed E-state index contributed by atoms with van der Waals surface area (Å²) in [4.78, 5) is 37.9. The lowest BCUT2D eigenvalue weighted by atomic mass is 10.0. The van der Waals surface area contributed by atoms with Crippen LogP contribution < -0.4 is 14.8 Å². The van der Waals surface area contributed by atoms with Gasteiger partial charge in [-0.05, 0) is 48.2 Å². The van der Waals surface area contributed by atoms with Gasteiger partial charge in [0.2, 0.25) is 15.9 Å². The maximum absolute atomic E-state index is 12.9. The fraction of sp³-hybridized carbons (Fsp3) is 0.375. The van der Waals surface area contributed by atoms with Gasteiger partial charge in [-0.15, -0.1) is 0 Å². The molecule has 10 nitrogen and oxygen atoms in total. The molecule has 0 saturated heterocycles. The van der Waals surface area contributed by atoms with E-state index in [1.807, 2.05) is 6.07 Å². The zero-order chi connectivity index (χ0) is 25.2. The summed E-state index contributed by atoms with van der Waals surface area (Å²) in [5, 5.41) is 2.60. The van der Waals surface area contributed by atoms with Crippen molar-refractivity contribution in [3.8, 4) is 11.5 Å². The Bertz CT molecular complexity index is 1240. The van der Waals surface area contributed by atoms with Crippen LogP contribution >= 0.6 is 0 Å². The summed E-state index contributed by atoms with van der Waals surface area (Å²) in [7, 11) is -0.454. The van der Waals surface area contributed by atoms with Crippen molar-refractivity contribution in [1.82, 2.24) is 14.5 Å². The normalized spacial score (nSPS) is 15.5. The largest absolute Gasteiger partial charge is 0.493 e. The van der Waals surface area contributed by atoms with Gasteiger partial charge in [-0.1, -0.05) is 12.1 Å². The fourth-order valence-electron chi connectivity index (χ4n) is 4.29. The van der Waals surface area contributed by atoms with E-state index < -0.39 is 34.3 Å². The van der Waals surface area contributed by atoms with E-state index in [0.717, 1.165) is 16.0 Å². The molecule has 0 unspecified atom stereocenters. The van der Waals surface area contributed by atoms with Crippen LogP contribution in [0.4, 0.5) is 0 Å². The molecule has 1 N–H and O–H groups in total. The predicted molar refractivity (Wildman–Crippen MR) is 127 cm³/mol. The zero-order valence-corrected chi connectivity index (χ0v) is 20.4. The predicted octanol–water partition coefficient (Wildman–Crippen LogP) is 1.19. The van der Waals surface area contributed by atoms with Gasteiger partial charge in [-0.2, -0.15) is 4.31 Å². The SMILES string of the molecule is COc1cc2c(cc1OC)CN(S(=O)(=O)CCCNC(=O)CN1C(=O)c3ccccc3C1=O)CC2. The third kappa shape index (κ3) is 5.01. The standard InChI is InChI=1S/C24H27N3O7S/c1-33-20-12-16-8-10-26(14-17(16)13-21(20)34-2)35(31,32)11-5-9-25-22(28)15-27-23(29)18-6-3-4-7-19(18)24(27)30/h3-4,6-7,12-13H,5,8-11,14-15H2,1-2H3,(H,25,28). The van der Waals surface area contributed by atoms with Gasteiger partial charge < -0.3 is 14.8 Å². The number of nitrogens with one attached hydrogen (secondary N) is 1. The van der Waals surface area contributed by atoms with Crippen molar-refractivity contribution in [1.29, 1.82) is 0 Å². The third-order valence-electron chi connectivity index (χ3n) is 6.16. The minimum atomic E-state index is -3.54. The topological polar surface area (TPSA) is 122 Å². The molecule has 0 spiro atoms. The molecule has 2 aromatic carbocycles. The number of carbonyl (C=O) groups is 3. The molecule has 0 atom stereocenters. The maximum Gasteiger partial charge on any atom is 0.262 e. The van der Waals surface area contributed by atoms with Crippen LogP contribution in [0, 0.1) is 0 Å². The van der Waals surface area contributed by atoms with Crippen LogP contribution in [0.3, 0.4) is 0 Å². The molecule has 4 rings (SSSR count). The number of methoxy groups -OCH3 is 2. The molecule has 0 fully saturated rings. The number of fused-ring (bicyclic) bond motifs is 2. The van der Waals surface area contributed by atoms with Gasteiger partial charge in [-0.25, -0.2) is 8.42 Å². The number of ether oxygens (including phenoxy) is 2. The second-order valence-corrected chi connectivity index (χ2v) is 10.4. The molecule has 11 heteroatoms. The molecular formula is C24H27N3O7S. The zero-order valence-electron chi connectivity index (χ0n) is 19.6. The quantitative estimate of drug-likeness (QED) is 0.405. The lowest BCUT2D eigenvalue weighted by molar-refractivity contribution is -0.121. The fourth-order valence-corrected chi connectivity index (χ4v) is 5.76. The number of amides is 3. The lowest BCUT2D eigenvalue weighted by Gasteiger charge is -2.29. The number of benzene rings is 2. The van der Waals surface area contributed by atoms with E-state index in [9.17, 15) is 22.8 Å². The van der Waals surface area contributed by atoms with E-state index in [4.69, 9.17) is 9.47 Å². The average Bonchev–Trinajstić information content (AvgIpc) is 3.10. The van der Waals surface area contributed by atoms with Gasteiger partial charge >= 0.3 is 0 Å². The molecule has 35 heavy (non-hydrogen) atoms. The Morgan fingerprint density at radius 2 is 1.60 bits per heavy atom. The van der Waals surface area contributed by atoms with Crippen LogP contribution in [0.1, 0.15) is 38.3 Å². The van der Waals surface area contributed by atoms with Crippen molar-refractivity contribution in [2.75, 3.05) is 39.6 Å². The first-order valence-corrected chi connectivity index (χ1v) is 12.8. The van der Waals surface area contributed by atoms with Gasteiger partial charge in [0.05, 0.1) is 31.1 Å². The highest BCUT2D eigenvalue weighted by atomic mass is 32.2. The van der Waals surface area contributed by atoms with E-state index in [0.29, 0.717) is 24.5 Å². The summed E-state index contributed by atoms with van der Waals surface area (Å²) >= 11 is 0. The average molecular weight is 502 g/mol. The monoisotopic (exact) mass is 501 g/mol. The smallest absolute Gasteiger partial charge is 0.262 e. The van der Waals surface area contributed by atoms with Gasteiger partial charge in [0.15, 0.2) is 11.5 Å². The first-order chi connectivity index (χ1) is 16.7. The molecule has 0 aromatic heterocycles. The number of sulfonamides is 1. The van der Waals surface area contributed by atoms with E-state index >= 15 is 0 Å². The first-order valence-electron chi connectivity index (χ1n) is 11.2. The Kier molecular flexibility index (Phi) is 7.08. The minimum absolute atomic E-state index is 0.108. The summed E-state index contributed by atoms with van der Waals surface area (Å²) in [6.45, 7) is 0.297. The van der Waals surface area contributed by atoms with Crippen molar-refractivity contribution in [3.63, 3.8) is 0 Å².